The van der Waals surface area contributed by atoms with Crippen LogP contribution in [0.1, 0.15) is 90.4 Å². The highest BCUT2D eigenvalue weighted by molar-refractivity contribution is 9.12. The number of rotatable bonds is 16. The zero-order valence-electron chi connectivity index (χ0n) is 16.0. The number of hydrogen-bond donors (Lipinski definition) is 0. The van der Waals surface area contributed by atoms with Crippen molar-refractivity contribution in [3.63, 3.8) is 0 Å². The zero-order chi connectivity index (χ0) is 18.5. The predicted molar refractivity (Wildman–Crippen MR) is 112 cm³/mol. The Morgan fingerprint density at radius 1 is 0.960 bits per heavy atom. The average Bonchev–Trinajstić information content (AvgIpc) is 3.40. The monoisotopic (exact) mass is 482 g/mol. The Balaban J connectivity index is 1.97. The summed E-state index contributed by atoms with van der Waals surface area (Å²) in [6.45, 7) is 2.80. The third-order valence-electron chi connectivity index (χ3n) is 5.09. The van der Waals surface area contributed by atoms with Gasteiger partial charge in [0.05, 0.1) is 13.7 Å². The van der Waals surface area contributed by atoms with E-state index < -0.39 is 5.60 Å². The number of epoxide rings is 1. The van der Waals surface area contributed by atoms with Crippen LogP contribution in [0.3, 0.4) is 0 Å². The number of methoxy groups -OCH3 is 1. The van der Waals surface area contributed by atoms with Gasteiger partial charge in [-0.3, -0.25) is 0 Å². The Morgan fingerprint density at radius 2 is 1.44 bits per heavy atom. The van der Waals surface area contributed by atoms with Gasteiger partial charge in [0, 0.05) is 9.65 Å². The van der Waals surface area contributed by atoms with Crippen molar-refractivity contribution in [2.45, 2.75) is 106 Å². The first-order valence-corrected chi connectivity index (χ1v) is 11.9. The first-order valence-electron chi connectivity index (χ1n) is 10.1. The fourth-order valence-corrected chi connectivity index (χ4v) is 4.40. The van der Waals surface area contributed by atoms with E-state index in [0.717, 1.165) is 19.3 Å². The Morgan fingerprint density at radius 3 is 1.92 bits per heavy atom. The van der Waals surface area contributed by atoms with Crippen LogP contribution in [0.2, 0.25) is 0 Å². The SMILES string of the molecule is CCCCCCCCCC(Br)C(Br)CCCCCC1(C(=O)OC)CO1. The molecule has 0 aromatic carbocycles. The van der Waals surface area contributed by atoms with Crippen molar-refractivity contribution in [2.24, 2.45) is 0 Å². The van der Waals surface area contributed by atoms with Crippen molar-refractivity contribution in [3.8, 4) is 0 Å². The van der Waals surface area contributed by atoms with E-state index in [4.69, 9.17) is 9.47 Å². The number of esters is 1. The minimum atomic E-state index is -0.600. The van der Waals surface area contributed by atoms with Crippen molar-refractivity contribution in [1.29, 1.82) is 0 Å². The third kappa shape index (κ3) is 9.76. The van der Waals surface area contributed by atoms with Crippen LogP contribution in [-0.2, 0) is 14.3 Å². The molecule has 3 nitrogen and oxygen atoms in total. The molecule has 3 atom stereocenters. The maximum atomic E-state index is 11.6. The van der Waals surface area contributed by atoms with E-state index in [9.17, 15) is 4.79 Å². The largest absolute Gasteiger partial charge is 0.467 e. The van der Waals surface area contributed by atoms with Crippen LogP contribution in [0.4, 0.5) is 0 Å². The maximum Gasteiger partial charge on any atom is 0.340 e. The van der Waals surface area contributed by atoms with E-state index in [1.54, 1.807) is 0 Å². The van der Waals surface area contributed by atoms with E-state index in [1.165, 1.54) is 71.3 Å². The van der Waals surface area contributed by atoms with E-state index in [-0.39, 0.29) is 5.97 Å². The Hall–Kier alpha value is 0.390. The molecule has 1 saturated heterocycles. The summed E-state index contributed by atoms with van der Waals surface area (Å²) >= 11 is 7.69. The molecule has 0 N–H and O–H groups in total. The van der Waals surface area contributed by atoms with Gasteiger partial charge in [-0.25, -0.2) is 4.79 Å². The highest BCUT2D eigenvalue weighted by Crippen LogP contribution is 2.34. The molecular weight excluding hydrogens is 448 g/mol. The van der Waals surface area contributed by atoms with Crippen molar-refractivity contribution >= 4 is 37.8 Å². The Labute approximate surface area is 171 Å². The molecule has 0 saturated carbocycles. The number of hydrogen-bond acceptors (Lipinski definition) is 3. The lowest BCUT2D eigenvalue weighted by molar-refractivity contribution is -0.147. The first kappa shape index (κ1) is 23.4. The summed E-state index contributed by atoms with van der Waals surface area (Å²) in [5.41, 5.74) is -0.600. The van der Waals surface area contributed by atoms with Crippen molar-refractivity contribution < 1.29 is 14.3 Å². The third-order valence-corrected chi connectivity index (χ3v) is 7.99. The lowest BCUT2D eigenvalue weighted by Crippen LogP contribution is -2.25. The number of alkyl halides is 2. The summed E-state index contributed by atoms with van der Waals surface area (Å²) in [4.78, 5) is 12.7. The van der Waals surface area contributed by atoms with Gasteiger partial charge in [-0.1, -0.05) is 96.6 Å². The van der Waals surface area contributed by atoms with Crippen molar-refractivity contribution in [2.75, 3.05) is 13.7 Å². The summed E-state index contributed by atoms with van der Waals surface area (Å²) in [5.74, 6) is -0.207. The van der Waals surface area contributed by atoms with Crippen LogP contribution in [-0.4, -0.2) is 34.9 Å². The van der Waals surface area contributed by atoms with E-state index in [0.29, 0.717) is 16.3 Å². The summed E-state index contributed by atoms with van der Waals surface area (Å²) in [5, 5.41) is 0. The Bertz CT molecular complexity index is 359. The van der Waals surface area contributed by atoms with Gasteiger partial charge in [0.15, 0.2) is 5.60 Å². The molecule has 1 aliphatic rings. The van der Waals surface area contributed by atoms with Gasteiger partial charge in [-0.2, -0.15) is 0 Å². The number of carbonyl (C=O) groups excluding carboxylic acids is 1. The van der Waals surface area contributed by atoms with Gasteiger partial charge in [0.1, 0.15) is 0 Å². The maximum absolute atomic E-state index is 11.6. The number of halogens is 2. The summed E-state index contributed by atoms with van der Waals surface area (Å²) in [6.07, 6.45) is 16.2. The molecule has 3 unspecified atom stereocenters. The molecule has 0 radical (unpaired) electrons. The standard InChI is InChI=1S/C20H36Br2O3/c1-3-4-5-6-7-8-10-13-17(21)18(22)14-11-9-12-15-20(16-25-20)19(23)24-2/h17-18H,3-16H2,1-2H3. The van der Waals surface area contributed by atoms with E-state index in [1.807, 2.05) is 0 Å². The van der Waals surface area contributed by atoms with Crippen LogP contribution in [0.5, 0.6) is 0 Å². The minimum absolute atomic E-state index is 0.207. The molecule has 0 aromatic heterocycles. The minimum Gasteiger partial charge on any atom is -0.467 e. The van der Waals surface area contributed by atoms with Gasteiger partial charge >= 0.3 is 5.97 Å². The van der Waals surface area contributed by atoms with Crippen molar-refractivity contribution in [3.05, 3.63) is 0 Å². The number of unbranched alkanes of at least 4 members (excludes halogenated alkanes) is 8. The average molecular weight is 484 g/mol. The smallest absolute Gasteiger partial charge is 0.340 e. The lowest BCUT2D eigenvalue weighted by atomic mass is 10.00. The van der Waals surface area contributed by atoms with Gasteiger partial charge in [-0.15, -0.1) is 0 Å². The lowest BCUT2D eigenvalue weighted by Gasteiger charge is -2.17. The molecule has 0 aliphatic carbocycles. The summed E-state index contributed by atoms with van der Waals surface area (Å²) in [6, 6.07) is 0. The van der Waals surface area contributed by atoms with Gasteiger partial charge in [-0.05, 0) is 25.7 Å². The van der Waals surface area contributed by atoms with Crippen LogP contribution < -0.4 is 0 Å². The highest BCUT2D eigenvalue weighted by atomic mass is 79.9. The molecule has 1 aliphatic heterocycles. The highest BCUT2D eigenvalue weighted by Gasteiger charge is 2.52. The van der Waals surface area contributed by atoms with E-state index in [2.05, 4.69) is 38.8 Å². The topological polar surface area (TPSA) is 38.8 Å². The van der Waals surface area contributed by atoms with Crippen LogP contribution >= 0.6 is 31.9 Å². The van der Waals surface area contributed by atoms with E-state index >= 15 is 0 Å². The van der Waals surface area contributed by atoms with Crippen LogP contribution in [0.25, 0.3) is 0 Å². The van der Waals surface area contributed by atoms with Crippen molar-refractivity contribution in [1.82, 2.24) is 0 Å². The molecule has 25 heavy (non-hydrogen) atoms. The molecule has 1 rings (SSSR count). The van der Waals surface area contributed by atoms with Gasteiger partial charge < -0.3 is 9.47 Å². The molecule has 1 fully saturated rings. The quantitative estimate of drug-likeness (QED) is 0.108. The second-order valence-electron chi connectivity index (χ2n) is 7.32. The molecule has 0 amide bonds. The van der Waals surface area contributed by atoms with Crippen LogP contribution in [0, 0.1) is 0 Å². The molecule has 0 bridgehead atoms. The van der Waals surface area contributed by atoms with Gasteiger partial charge in [0.2, 0.25) is 0 Å². The summed E-state index contributed by atoms with van der Waals surface area (Å²) in [7, 11) is 1.43. The second kappa shape index (κ2) is 13.5. The molecular formula is C20H36Br2O3. The predicted octanol–water partition coefficient (Wildman–Crippen LogP) is 6.55. The fraction of sp³-hybridized carbons (Fsp3) is 0.950. The normalized spacial score (nSPS) is 21.8. The Kier molecular flexibility index (Phi) is 12.7. The first-order chi connectivity index (χ1) is 12.1. The molecule has 0 spiro atoms. The zero-order valence-corrected chi connectivity index (χ0v) is 19.2. The molecule has 148 valence electrons. The van der Waals surface area contributed by atoms with Gasteiger partial charge in [0.25, 0.3) is 0 Å². The number of ether oxygens (including phenoxy) is 2. The summed E-state index contributed by atoms with van der Waals surface area (Å²) < 4.78 is 10.1. The molecule has 5 heteroatoms. The molecule has 1 heterocycles. The second-order valence-corrected chi connectivity index (χ2v) is 9.67. The fourth-order valence-electron chi connectivity index (χ4n) is 3.22. The molecule has 0 aromatic rings. The van der Waals surface area contributed by atoms with Crippen LogP contribution in [0.15, 0.2) is 0 Å². The number of carbonyl (C=O) groups is 1.